The summed E-state index contributed by atoms with van der Waals surface area (Å²) >= 11 is 2.00. The van der Waals surface area contributed by atoms with E-state index in [0.717, 1.165) is 12.2 Å². The molecule has 1 aromatic carbocycles. The molecule has 18 heavy (non-hydrogen) atoms. The highest BCUT2D eigenvalue weighted by molar-refractivity contribution is 7.99. The summed E-state index contributed by atoms with van der Waals surface area (Å²) in [6.45, 7) is 8.86. The Bertz CT molecular complexity index is 345. The van der Waals surface area contributed by atoms with Crippen LogP contribution in [0.2, 0.25) is 0 Å². The first kappa shape index (κ1) is 15.5. The van der Waals surface area contributed by atoms with Crippen LogP contribution in [0.1, 0.15) is 37.0 Å². The number of nitrogens with two attached hydrogens (primary N) is 1. The summed E-state index contributed by atoms with van der Waals surface area (Å²) in [6.07, 6.45) is 2.23. The number of benzene rings is 1. The molecule has 0 spiro atoms. The fourth-order valence-electron chi connectivity index (χ4n) is 1.98. The van der Waals surface area contributed by atoms with E-state index in [9.17, 15) is 0 Å². The number of hydrogen-bond acceptors (Lipinski definition) is 3. The van der Waals surface area contributed by atoms with E-state index in [1.54, 1.807) is 0 Å². The summed E-state index contributed by atoms with van der Waals surface area (Å²) < 4.78 is 0. The molecule has 0 amide bonds. The summed E-state index contributed by atoms with van der Waals surface area (Å²) in [5, 5.41) is 0.707. The van der Waals surface area contributed by atoms with Crippen molar-refractivity contribution in [1.82, 2.24) is 5.43 Å². The van der Waals surface area contributed by atoms with E-state index in [0.29, 0.717) is 11.3 Å². The average molecular weight is 266 g/mol. The molecule has 0 saturated carbocycles. The van der Waals surface area contributed by atoms with E-state index in [2.05, 4.69) is 51.3 Å². The summed E-state index contributed by atoms with van der Waals surface area (Å²) in [7, 11) is 0. The third kappa shape index (κ3) is 4.63. The van der Waals surface area contributed by atoms with Crippen molar-refractivity contribution in [1.29, 1.82) is 0 Å². The second-order valence-electron chi connectivity index (χ2n) is 4.99. The topological polar surface area (TPSA) is 38.0 Å². The molecule has 1 rings (SSSR count). The molecule has 2 nitrogen and oxygen atoms in total. The molecule has 0 bridgehead atoms. The Hall–Kier alpha value is -0.510. The first-order chi connectivity index (χ1) is 8.58. The van der Waals surface area contributed by atoms with Crippen molar-refractivity contribution >= 4 is 11.8 Å². The lowest BCUT2D eigenvalue weighted by Crippen LogP contribution is -2.39. The third-order valence-electron chi connectivity index (χ3n) is 3.49. The van der Waals surface area contributed by atoms with Gasteiger partial charge in [0.2, 0.25) is 0 Å². The SMILES string of the molecule is CCC(C)SCC(Cc1c(C)cccc1C)NN. The summed E-state index contributed by atoms with van der Waals surface area (Å²) in [5.41, 5.74) is 7.13. The van der Waals surface area contributed by atoms with E-state index in [1.807, 2.05) is 11.8 Å². The molecule has 3 heteroatoms. The molecule has 2 unspecified atom stereocenters. The highest BCUT2D eigenvalue weighted by Crippen LogP contribution is 2.19. The zero-order chi connectivity index (χ0) is 13.5. The molecular weight excluding hydrogens is 240 g/mol. The monoisotopic (exact) mass is 266 g/mol. The quantitative estimate of drug-likeness (QED) is 0.588. The van der Waals surface area contributed by atoms with Crippen molar-refractivity contribution in [3.63, 3.8) is 0 Å². The predicted molar refractivity (Wildman–Crippen MR) is 82.9 cm³/mol. The second-order valence-corrected chi connectivity index (χ2v) is 6.46. The summed E-state index contributed by atoms with van der Waals surface area (Å²) in [6, 6.07) is 6.83. The molecular formula is C15H26N2S. The van der Waals surface area contributed by atoms with Crippen LogP contribution in [0.4, 0.5) is 0 Å². The Morgan fingerprint density at radius 2 is 1.89 bits per heavy atom. The van der Waals surface area contributed by atoms with Crippen LogP contribution in [-0.4, -0.2) is 17.0 Å². The van der Waals surface area contributed by atoms with Crippen molar-refractivity contribution in [2.45, 2.75) is 51.8 Å². The number of hydrazine groups is 1. The van der Waals surface area contributed by atoms with Crippen molar-refractivity contribution in [2.75, 3.05) is 5.75 Å². The van der Waals surface area contributed by atoms with Gasteiger partial charge in [0.15, 0.2) is 0 Å². The molecule has 1 aromatic rings. The molecule has 0 heterocycles. The van der Waals surface area contributed by atoms with Gasteiger partial charge in [-0.2, -0.15) is 11.8 Å². The van der Waals surface area contributed by atoms with Crippen LogP contribution in [0.25, 0.3) is 0 Å². The van der Waals surface area contributed by atoms with Gasteiger partial charge in [-0.1, -0.05) is 32.0 Å². The Morgan fingerprint density at radius 3 is 2.39 bits per heavy atom. The van der Waals surface area contributed by atoms with Crippen molar-refractivity contribution in [3.8, 4) is 0 Å². The standard InChI is InChI=1S/C15H26N2S/c1-5-13(4)18-10-14(17-16)9-15-11(2)7-6-8-12(15)3/h6-8,13-14,17H,5,9-10,16H2,1-4H3. The molecule has 0 aromatic heterocycles. The number of thioether (sulfide) groups is 1. The predicted octanol–water partition coefficient (Wildman–Crippen LogP) is 3.21. The summed E-state index contributed by atoms with van der Waals surface area (Å²) in [5.74, 6) is 6.75. The van der Waals surface area contributed by atoms with Crippen molar-refractivity contribution in [2.24, 2.45) is 5.84 Å². The molecule has 2 atom stereocenters. The summed E-state index contributed by atoms with van der Waals surface area (Å²) in [4.78, 5) is 0. The zero-order valence-electron chi connectivity index (χ0n) is 12.0. The Labute approximate surface area is 116 Å². The van der Waals surface area contributed by atoms with E-state index < -0.39 is 0 Å². The molecule has 0 fully saturated rings. The zero-order valence-corrected chi connectivity index (χ0v) is 12.8. The van der Waals surface area contributed by atoms with Crippen LogP contribution in [0.5, 0.6) is 0 Å². The Kier molecular flexibility index (Phi) is 6.76. The molecule has 3 N–H and O–H groups in total. The smallest absolute Gasteiger partial charge is 0.0341 e. The molecule has 0 saturated heterocycles. The Balaban J connectivity index is 2.62. The maximum atomic E-state index is 5.69. The fraction of sp³-hybridized carbons (Fsp3) is 0.600. The number of aryl methyl sites for hydroxylation is 2. The lowest BCUT2D eigenvalue weighted by molar-refractivity contribution is 0.572. The molecule has 102 valence electrons. The maximum Gasteiger partial charge on any atom is 0.0341 e. The number of hydrogen-bond donors (Lipinski definition) is 2. The van der Waals surface area contributed by atoms with E-state index in [4.69, 9.17) is 5.84 Å². The second kappa shape index (κ2) is 7.82. The third-order valence-corrected chi connectivity index (χ3v) is 4.98. The van der Waals surface area contributed by atoms with Gasteiger partial charge < -0.3 is 0 Å². The van der Waals surface area contributed by atoms with Gasteiger partial charge in [-0.05, 0) is 43.4 Å². The van der Waals surface area contributed by atoms with Crippen LogP contribution in [-0.2, 0) is 6.42 Å². The number of nitrogens with one attached hydrogen (secondary N) is 1. The van der Waals surface area contributed by atoms with Gasteiger partial charge in [-0.25, -0.2) is 0 Å². The maximum absolute atomic E-state index is 5.69. The first-order valence-electron chi connectivity index (χ1n) is 6.71. The van der Waals surface area contributed by atoms with E-state index >= 15 is 0 Å². The highest BCUT2D eigenvalue weighted by atomic mass is 32.2. The van der Waals surface area contributed by atoms with Gasteiger partial charge in [-0.3, -0.25) is 11.3 Å². The van der Waals surface area contributed by atoms with Gasteiger partial charge in [0.05, 0.1) is 0 Å². The molecule has 0 aliphatic rings. The van der Waals surface area contributed by atoms with Crippen LogP contribution >= 0.6 is 11.8 Å². The minimum Gasteiger partial charge on any atom is -0.271 e. The number of rotatable bonds is 7. The normalized spacial score (nSPS) is 14.5. The molecule has 0 radical (unpaired) electrons. The average Bonchev–Trinajstić information content (AvgIpc) is 2.37. The molecule has 0 aliphatic heterocycles. The van der Waals surface area contributed by atoms with Crippen LogP contribution in [0.15, 0.2) is 18.2 Å². The largest absolute Gasteiger partial charge is 0.271 e. The van der Waals surface area contributed by atoms with Gasteiger partial charge in [-0.15, -0.1) is 0 Å². The van der Waals surface area contributed by atoms with Crippen LogP contribution < -0.4 is 11.3 Å². The van der Waals surface area contributed by atoms with Crippen molar-refractivity contribution in [3.05, 3.63) is 34.9 Å². The Morgan fingerprint density at radius 1 is 1.28 bits per heavy atom. The van der Waals surface area contributed by atoms with Crippen LogP contribution in [0, 0.1) is 13.8 Å². The van der Waals surface area contributed by atoms with Gasteiger partial charge >= 0.3 is 0 Å². The lowest BCUT2D eigenvalue weighted by Gasteiger charge is -2.20. The highest BCUT2D eigenvalue weighted by Gasteiger charge is 2.12. The van der Waals surface area contributed by atoms with E-state index in [1.165, 1.54) is 23.1 Å². The van der Waals surface area contributed by atoms with Gasteiger partial charge in [0.25, 0.3) is 0 Å². The lowest BCUT2D eigenvalue weighted by atomic mass is 9.97. The van der Waals surface area contributed by atoms with Gasteiger partial charge in [0, 0.05) is 17.0 Å². The fourth-order valence-corrected chi connectivity index (χ4v) is 2.99. The van der Waals surface area contributed by atoms with Crippen LogP contribution in [0.3, 0.4) is 0 Å². The van der Waals surface area contributed by atoms with Crippen molar-refractivity contribution < 1.29 is 0 Å². The van der Waals surface area contributed by atoms with E-state index in [-0.39, 0.29) is 0 Å². The minimum atomic E-state index is 0.351. The molecule has 0 aliphatic carbocycles. The minimum absolute atomic E-state index is 0.351. The first-order valence-corrected chi connectivity index (χ1v) is 7.76. The van der Waals surface area contributed by atoms with Gasteiger partial charge in [0.1, 0.15) is 0 Å².